The molecule has 5 heteroatoms. The van der Waals surface area contributed by atoms with Gasteiger partial charge in [-0.05, 0) is 55.5 Å². The zero-order chi connectivity index (χ0) is 22.2. The number of rotatable bonds is 6. The van der Waals surface area contributed by atoms with Crippen LogP contribution in [0, 0.1) is 6.92 Å². The van der Waals surface area contributed by atoms with Crippen molar-refractivity contribution in [1.82, 2.24) is 0 Å². The number of nitrogens with one attached hydrogen (secondary N) is 2. The summed E-state index contributed by atoms with van der Waals surface area (Å²) in [6.45, 7) is 5.97. The average molecular weight is 407 g/mol. The molecule has 3 rings (SSSR count). The lowest BCUT2D eigenvalue weighted by Crippen LogP contribution is -2.11. The minimum absolute atomic E-state index is 0.0894. The normalized spacial score (nSPS) is 9.07. The Balaban J connectivity index is 0.000000280. The summed E-state index contributed by atoms with van der Waals surface area (Å²) in [5, 5.41) is 5.66. The summed E-state index contributed by atoms with van der Waals surface area (Å²) in [6.07, 6.45) is 0.497. The summed E-state index contributed by atoms with van der Waals surface area (Å²) in [5.74, 6) is 1.42. The second-order valence-corrected chi connectivity index (χ2v) is 5.97. The molecule has 0 fully saturated rings. The largest absolute Gasteiger partial charge is 0.457 e. The molecule has 0 atom stereocenters. The van der Waals surface area contributed by atoms with Crippen LogP contribution in [0.2, 0.25) is 0 Å². The Bertz CT molecular complexity index is 861. The maximum atomic E-state index is 11.0. The van der Waals surface area contributed by atoms with Crippen molar-refractivity contribution in [3.05, 3.63) is 84.4 Å². The molecule has 0 radical (unpaired) electrons. The van der Waals surface area contributed by atoms with Gasteiger partial charge in [-0.15, -0.1) is 0 Å². The summed E-state index contributed by atoms with van der Waals surface area (Å²) in [4.78, 5) is 21.0. The van der Waals surface area contributed by atoms with Crippen LogP contribution in [0.15, 0.2) is 78.9 Å². The smallest absolute Gasteiger partial charge is 0.231 e. The molecule has 0 aliphatic rings. The van der Waals surface area contributed by atoms with Gasteiger partial charge in [-0.3, -0.25) is 4.79 Å². The quantitative estimate of drug-likeness (QED) is 0.385. The number of carbonyl (C=O) groups is 2. The Morgan fingerprint density at radius 1 is 0.833 bits per heavy atom. The van der Waals surface area contributed by atoms with Gasteiger partial charge in [-0.1, -0.05) is 49.7 Å². The van der Waals surface area contributed by atoms with Gasteiger partial charge in [0, 0.05) is 18.4 Å². The van der Waals surface area contributed by atoms with Crippen molar-refractivity contribution in [2.75, 3.05) is 17.7 Å². The summed E-state index contributed by atoms with van der Waals surface area (Å²) >= 11 is 0. The molecule has 0 bridgehead atoms. The van der Waals surface area contributed by atoms with Crippen LogP contribution in [0.4, 0.5) is 11.4 Å². The molecule has 5 nitrogen and oxygen atoms in total. The lowest BCUT2D eigenvalue weighted by molar-refractivity contribution is -0.119. The molecule has 2 N–H and O–H groups in total. The number of aryl methyl sites for hydroxylation is 1. The Kier molecular flexibility index (Phi) is 11.7. The van der Waals surface area contributed by atoms with E-state index in [0.717, 1.165) is 28.4 Å². The highest BCUT2D eigenvalue weighted by Crippen LogP contribution is 2.22. The topological polar surface area (TPSA) is 67.4 Å². The molecule has 1 amide bonds. The van der Waals surface area contributed by atoms with E-state index in [2.05, 4.69) is 10.6 Å². The van der Waals surface area contributed by atoms with Gasteiger partial charge in [0.25, 0.3) is 0 Å². The number of anilines is 2. The van der Waals surface area contributed by atoms with E-state index < -0.39 is 0 Å². The van der Waals surface area contributed by atoms with Crippen LogP contribution in [0.25, 0.3) is 0 Å². The molecular weight excluding hydrogens is 376 g/mol. The fourth-order valence-corrected chi connectivity index (χ4v) is 2.24. The standard InChI is InChI=1S/C13H13NO.C10H11NO2.C2H6/c1-14-11-7-9-13(10-8-11)15-12-5-3-2-4-6-12;1-8-2-4-9(5-3-8)11-10(13)6-7-12;1-2/h2-10,14H,1H3;2-5,7H,6H2,1H3,(H,11,13);1-2H3. The van der Waals surface area contributed by atoms with E-state index in [-0.39, 0.29) is 12.3 Å². The summed E-state index contributed by atoms with van der Waals surface area (Å²) in [7, 11) is 1.90. The molecule has 30 heavy (non-hydrogen) atoms. The van der Waals surface area contributed by atoms with Crippen molar-refractivity contribution in [1.29, 1.82) is 0 Å². The van der Waals surface area contributed by atoms with Crippen molar-refractivity contribution in [3.63, 3.8) is 0 Å². The third kappa shape index (κ3) is 9.55. The van der Waals surface area contributed by atoms with E-state index in [1.165, 1.54) is 0 Å². The molecule has 0 aromatic heterocycles. The molecule has 0 heterocycles. The third-order valence-corrected chi connectivity index (χ3v) is 3.73. The molecule has 3 aromatic carbocycles. The second-order valence-electron chi connectivity index (χ2n) is 5.97. The number of amides is 1. The molecular formula is C25H30N2O3. The van der Waals surface area contributed by atoms with Gasteiger partial charge in [0.05, 0.1) is 6.42 Å². The lowest BCUT2D eigenvalue weighted by Gasteiger charge is -2.06. The van der Waals surface area contributed by atoms with Crippen molar-refractivity contribution >= 4 is 23.6 Å². The van der Waals surface area contributed by atoms with Crippen LogP contribution in [-0.4, -0.2) is 19.2 Å². The van der Waals surface area contributed by atoms with Gasteiger partial charge < -0.3 is 20.2 Å². The van der Waals surface area contributed by atoms with Crippen molar-refractivity contribution in [2.24, 2.45) is 0 Å². The van der Waals surface area contributed by atoms with Crippen molar-refractivity contribution in [3.8, 4) is 11.5 Å². The Morgan fingerprint density at radius 2 is 1.37 bits per heavy atom. The van der Waals surface area contributed by atoms with Gasteiger partial charge in [0.15, 0.2) is 0 Å². The lowest BCUT2D eigenvalue weighted by atomic mass is 10.2. The summed E-state index contributed by atoms with van der Waals surface area (Å²) < 4.78 is 5.65. The van der Waals surface area contributed by atoms with Crippen LogP contribution in [-0.2, 0) is 9.59 Å². The van der Waals surface area contributed by atoms with Crippen LogP contribution < -0.4 is 15.4 Å². The fraction of sp³-hybridized carbons (Fsp3) is 0.200. The molecule has 0 unspecified atom stereocenters. The zero-order valence-corrected chi connectivity index (χ0v) is 18.0. The minimum Gasteiger partial charge on any atom is -0.457 e. The summed E-state index contributed by atoms with van der Waals surface area (Å²) in [6, 6.07) is 25.0. The number of hydrogen-bond donors (Lipinski definition) is 2. The van der Waals surface area contributed by atoms with Crippen LogP contribution in [0.1, 0.15) is 25.8 Å². The van der Waals surface area contributed by atoms with E-state index in [1.54, 1.807) is 12.1 Å². The maximum absolute atomic E-state index is 11.0. The zero-order valence-electron chi connectivity index (χ0n) is 18.0. The van der Waals surface area contributed by atoms with E-state index in [9.17, 15) is 9.59 Å². The maximum Gasteiger partial charge on any atom is 0.231 e. The van der Waals surface area contributed by atoms with Gasteiger partial charge in [0.1, 0.15) is 17.8 Å². The molecule has 3 aromatic rings. The fourth-order valence-electron chi connectivity index (χ4n) is 2.24. The Labute approximate surface area is 179 Å². The molecule has 0 spiro atoms. The molecule has 0 aliphatic carbocycles. The SMILES string of the molecule is CC.CNc1ccc(Oc2ccccc2)cc1.Cc1ccc(NC(=O)CC=O)cc1. The first-order chi connectivity index (χ1) is 14.6. The highest BCUT2D eigenvalue weighted by molar-refractivity contribution is 5.97. The van der Waals surface area contributed by atoms with Crippen LogP contribution in [0.5, 0.6) is 11.5 Å². The number of ether oxygens (including phenoxy) is 1. The molecule has 0 aliphatic heterocycles. The first-order valence-corrected chi connectivity index (χ1v) is 9.91. The van der Waals surface area contributed by atoms with E-state index in [1.807, 2.05) is 94.5 Å². The van der Waals surface area contributed by atoms with Gasteiger partial charge >= 0.3 is 0 Å². The number of aldehydes is 1. The number of hydrogen-bond acceptors (Lipinski definition) is 4. The van der Waals surface area contributed by atoms with Crippen molar-refractivity contribution < 1.29 is 14.3 Å². The van der Waals surface area contributed by atoms with E-state index in [0.29, 0.717) is 6.29 Å². The van der Waals surface area contributed by atoms with Gasteiger partial charge in [-0.25, -0.2) is 0 Å². The predicted octanol–water partition coefficient (Wildman–Crippen LogP) is 6.07. The molecule has 158 valence electrons. The summed E-state index contributed by atoms with van der Waals surface area (Å²) in [5.41, 5.74) is 2.93. The monoisotopic (exact) mass is 406 g/mol. The first-order valence-electron chi connectivity index (χ1n) is 9.91. The van der Waals surface area contributed by atoms with E-state index in [4.69, 9.17) is 4.74 Å². The van der Waals surface area contributed by atoms with E-state index >= 15 is 0 Å². The van der Waals surface area contributed by atoms with Gasteiger partial charge in [0.2, 0.25) is 5.91 Å². The Hall–Kier alpha value is -3.60. The highest BCUT2D eigenvalue weighted by Gasteiger charge is 1.99. The Morgan fingerprint density at radius 3 is 1.90 bits per heavy atom. The van der Waals surface area contributed by atoms with Crippen molar-refractivity contribution in [2.45, 2.75) is 27.2 Å². The third-order valence-electron chi connectivity index (χ3n) is 3.73. The highest BCUT2D eigenvalue weighted by atomic mass is 16.5. The average Bonchev–Trinajstić information content (AvgIpc) is 2.79. The number of benzene rings is 3. The predicted molar refractivity (Wildman–Crippen MR) is 124 cm³/mol. The first kappa shape index (κ1) is 24.4. The number of para-hydroxylation sites is 1. The minimum atomic E-state index is -0.279. The second kappa shape index (κ2) is 14.4. The van der Waals surface area contributed by atoms with Crippen LogP contribution in [0.3, 0.4) is 0 Å². The molecule has 0 saturated carbocycles. The molecule has 0 saturated heterocycles. The van der Waals surface area contributed by atoms with Crippen LogP contribution >= 0.6 is 0 Å². The number of carbonyl (C=O) groups excluding carboxylic acids is 2. The van der Waals surface area contributed by atoms with Gasteiger partial charge in [-0.2, -0.15) is 0 Å².